The third-order valence-electron chi connectivity index (χ3n) is 6.31. The number of fused-ring (bicyclic) bond motifs is 1. The first-order valence-electron chi connectivity index (χ1n) is 12.8. The van der Waals surface area contributed by atoms with Gasteiger partial charge < -0.3 is 24.7 Å². The van der Waals surface area contributed by atoms with Crippen LogP contribution in [-0.4, -0.2) is 44.6 Å². The molecule has 0 aliphatic carbocycles. The van der Waals surface area contributed by atoms with Crippen molar-refractivity contribution in [2.24, 2.45) is 0 Å². The van der Waals surface area contributed by atoms with Crippen LogP contribution in [0.1, 0.15) is 44.0 Å². The summed E-state index contributed by atoms with van der Waals surface area (Å²) >= 11 is 0. The molecule has 0 unspecified atom stereocenters. The van der Waals surface area contributed by atoms with E-state index in [0.717, 1.165) is 57.1 Å². The van der Waals surface area contributed by atoms with Crippen molar-refractivity contribution >= 4 is 34.2 Å². The molecule has 38 heavy (non-hydrogen) atoms. The highest BCUT2D eigenvalue weighted by Crippen LogP contribution is 2.31. The largest absolute Gasteiger partial charge is 0.489 e. The number of amides is 1. The van der Waals surface area contributed by atoms with E-state index in [9.17, 15) is 4.79 Å². The van der Waals surface area contributed by atoms with Crippen molar-refractivity contribution in [1.29, 1.82) is 0 Å². The Morgan fingerprint density at radius 1 is 1.11 bits per heavy atom. The molecule has 3 heterocycles. The van der Waals surface area contributed by atoms with Gasteiger partial charge in [0.25, 0.3) is 0 Å². The molecule has 4 aromatic rings. The highest BCUT2D eigenvalue weighted by molar-refractivity contribution is 5.92. The number of benzene rings is 2. The van der Waals surface area contributed by atoms with Gasteiger partial charge in [0, 0.05) is 24.5 Å². The maximum absolute atomic E-state index is 12.4. The van der Waals surface area contributed by atoms with E-state index in [-0.39, 0.29) is 6.09 Å². The van der Waals surface area contributed by atoms with Crippen molar-refractivity contribution in [1.82, 2.24) is 19.9 Å². The molecule has 0 atom stereocenters. The molecule has 0 radical (unpaired) electrons. The van der Waals surface area contributed by atoms with Gasteiger partial charge in [0.1, 0.15) is 35.7 Å². The molecule has 0 bridgehead atoms. The van der Waals surface area contributed by atoms with Gasteiger partial charge in [-0.05, 0) is 75.1 Å². The van der Waals surface area contributed by atoms with Crippen LogP contribution in [-0.2, 0) is 11.3 Å². The van der Waals surface area contributed by atoms with E-state index in [1.165, 1.54) is 0 Å². The van der Waals surface area contributed by atoms with Crippen LogP contribution in [0.2, 0.25) is 0 Å². The molecule has 0 saturated heterocycles. The lowest BCUT2D eigenvalue weighted by atomic mass is 10.1. The Morgan fingerprint density at radius 2 is 1.92 bits per heavy atom. The minimum atomic E-state index is -0.506. The minimum Gasteiger partial charge on any atom is -0.489 e. The Kier molecular flexibility index (Phi) is 7.05. The van der Waals surface area contributed by atoms with E-state index < -0.39 is 5.60 Å². The molecule has 2 N–H and O–H groups in total. The lowest BCUT2D eigenvalue weighted by Crippen LogP contribution is -2.39. The predicted molar refractivity (Wildman–Crippen MR) is 150 cm³/mol. The molecule has 2 aromatic carbocycles. The van der Waals surface area contributed by atoms with E-state index in [1.54, 1.807) is 11.2 Å². The van der Waals surface area contributed by atoms with E-state index >= 15 is 0 Å². The third-order valence-corrected chi connectivity index (χ3v) is 6.31. The number of aromatic nitrogens is 3. The molecule has 5 rings (SSSR count). The van der Waals surface area contributed by atoms with E-state index in [1.807, 2.05) is 58.0 Å². The van der Waals surface area contributed by atoms with Gasteiger partial charge in [-0.15, -0.1) is 0 Å². The van der Waals surface area contributed by atoms with Crippen LogP contribution in [0.4, 0.5) is 16.3 Å². The minimum absolute atomic E-state index is 0.284. The third kappa shape index (κ3) is 5.96. The molecule has 8 nitrogen and oxygen atoms in total. The van der Waals surface area contributed by atoms with Gasteiger partial charge in [-0.1, -0.05) is 36.4 Å². The van der Waals surface area contributed by atoms with Crippen LogP contribution in [0.15, 0.2) is 67.0 Å². The monoisotopic (exact) mass is 511 g/mol. The van der Waals surface area contributed by atoms with Crippen molar-refractivity contribution in [2.75, 3.05) is 18.4 Å². The Balaban J connectivity index is 1.28. The molecule has 8 heteroatoms. The first kappa shape index (κ1) is 25.3. The lowest BCUT2D eigenvalue weighted by Gasteiger charge is -2.29. The maximum atomic E-state index is 12.4. The highest BCUT2D eigenvalue weighted by atomic mass is 16.6. The molecule has 1 aliphatic rings. The number of aromatic amines is 1. The quantitative estimate of drug-likeness (QED) is 0.302. The van der Waals surface area contributed by atoms with Crippen LogP contribution in [0.25, 0.3) is 16.6 Å². The summed E-state index contributed by atoms with van der Waals surface area (Å²) in [5.74, 6) is 1.57. The number of hydrogen-bond acceptors (Lipinski definition) is 6. The molecule has 1 aliphatic heterocycles. The van der Waals surface area contributed by atoms with Crippen molar-refractivity contribution in [3.8, 4) is 5.75 Å². The lowest BCUT2D eigenvalue weighted by molar-refractivity contribution is 0.0270. The predicted octanol–water partition coefficient (Wildman–Crippen LogP) is 6.61. The highest BCUT2D eigenvalue weighted by Gasteiger charge is 2.24. The van der Waals surface area contributed by atoms with Crippen molar-refractivity contribution in [3.05, 3.63) is 83.8 Å². The number of carbonyl (C=O) groups excluding carboxylic acids is 1. The molecule has 196 valence electrons. The number of nitrogens with one attached hydrogen (secondary N) is 2. The molecular formula is C30H33N5O3. The fraction of sp³-hybridized carbons (Fsp3) is 0.300. The van der Waals surface area contributed by atoms with Crippen LogP contribution < -0.4 is 10.1 Å². The topological polar surface area (TPSA) is 92.4 Å². The molecule has 1 amide bonds. The van der Waals surface area contributed by atoms with E-state index in [4.69, 9.17) is 9.47 Å². The summed E-state index contributed by atoms with van der Waals surface area (Å²) in [5.41, 5.74) is 5.46. The van der Waals surface area contributed by atoms with Gasteiger partial charge in [0.15, 0.2) is 0 Å². The SMILES string of the molecule is Cc1cc(Nc2ncnc3[nH]c(C4=CCN(C(=O)OC(C)(C)C)CC4)cc23)ccc1OCc1ccccc1. The number of hydrogen-bond donors (Lipinski definition) is 2. The van der Waals surface area contributed by atoms with Gasteiger partial charge >= 0.3 is 6.09 Å². The summed E-state index contributed by atoms with van der Waals surface area (Å²) in [4.78, 5) is 26.5. The zero-order valence-electron chi connectivity index (χ0n) is 22.2. The Morgan fingerprint density at radius 3 is 2.63 bits per heavy atom. The molecule has 2 aromatic heterocycles. The second-order valence-corrected chi connectivity index (χ2v) is 10.5. The van der Waals surface area contributed by atoms with Gasteiger partial charge in [-0.3, -0.25) is 0 Å². The van der Waals surface area contributed by atoms with Crippen molar-refractivity contribution < 1.29 is 14.3 Å². The fourth-order valence-electron chi connectivity index (χ4n) is 4.38. The van der Waals surface area contributed by atoms with Gasteiger partial charge in [-0.25, -0.2) is 14.8 Å². The Labute approximate surface area is 222 Å². The van der Waals surface area contributed by atoms with Crippen LogP contribution in [0, 0.1) is 6.92 Å². The van der Waals surface area contributed by atoms with Gasteiger partial charge in [0.05, 0.1) is 5.39 Å². The van der Waals surface area contributed by atoms with E-state index in [0.29, 0.717) is 19.7 Å². The van der Waals surface area contributed by atoms with E-state index in [2.05, 4.69) is 50.6 Å². The maximum Gasteiger partial charge on any atom is 0.410 e. The van der Waals surface area contributed by atoms with Crippen molar-refractivity contribution in [3.63, 3.8) is 0 Å². The zero-order chi connectivity index (χ0) is 26.7. The molecule has 0 spiro atoms. The number of aryl methyl sites for hydroxylation is 1. The molecule has 0 saturated carbocycles. The average Bonchev–Trinajstić information content (AvgIpc) is 3.33. The second-order valence-electron chi connectivity index (χ2n) is 10.5. The average molecular weight is 512 g/mol. The smallest absolute Gasteiger partial charge is 0.410 e. The summed E-state index contributed by atoms with van der Waals surface area (Å²) in [6.45, 7) is 9.30. The number of ether oxygens (including phenoxy) is 2. The first-order valence-corrected chi connectivity index (χ1v) is 12.8. The number of anilines is 2. The summed E-state index contributed by atoms with van der Waals surface area (Å²) < 4.78 is 11.5. The fourth-order valence-corrected chi connectivity index (χ4v) is 4.38. The Bertz CT molecular complexity index is 1470. The second kappa shape index (κ2) is 10.6. The molecule has 0 fully saturated rings. The standard InChI is InChI=1S/C30H33N5O3/c1-20-16-23(10-11-26(20)37-18-21-8-6-5-7-9-21)33-27-24-17-25(34-28(24)32-19-31-27)22-12-14-35(15-13-22)29(36)38-30(2,3)4/h5-12,16-17,19H,13-15,18H2,1-4H3,(H2,31,32,33,34). The number of carbonyl (C=O) groups is 1. The summed E-state index contributed by atoms with van der Waals surface area (Å²) in [7, 11) is 0. The van der Waals surface area contributed by atoms with Gasteiger partial charge in [-0.2, -0.15) is 0 Å². The summed E-state index contributed by atoms with van der Waals surface area (Å²) in [6, 6.07) is 18.2. The van der Waals surface area contributed by atoms with Crippen molar-refractivity contribution in [2.45, 2.75) is 46.3 Å². The summed E-state index contributed by atoms with van der Waals surface area (Å²) in [5, 5.41) is 4.34. The number of H-pyrrole nitrogens is 1. The van der Waals surface area contributed by atoms with Crippen LogP contribution in [0.3, 0.4) is 0 Å². The number of nitrogens with zero attached hydrogens (tertiary/aromatic N) is 3. The number of rotatable bonds is 6. The zero-order valence-corrected chi connectivity index (χ0v) is 22.2. The normalized spacial score (nSPS) is 13.8. The van der Waals surface area contributed by atoms with Crippen LogP contribution >= 0.6 is 0 Å². The van der Waals surface area contributed by atoms with Gasteiger partial charge in [0.2, 0.25) is 0 Å². The van der Waals surface area contributed by atoms with Crippen LogP contribution in [0.5, 0.6) is 5.75 Å². The molecular weight excluding hydrogens is 478 g/mol. The summed E-state index contributed by atoms with van der Waals surface area (Å²) in [6.07, 6.45) is 4.06. The Hall–Kier alpha value is -4.33. The first-order chi connectivity index (χ1) is 18.2.